The van der Waals surface area contributed by atoms with Crippen molar-refractivity contribution in [2.45, 2.75) is 81.1 Å². The van der Waals surface area contributed by atoms with Gasteiger partial charge in [-0.3, -0.25) is 0 Å². The molecule has 0 nitrogen and oxygen atoms in total. The van der Waals surface area contributed by atoms with Gasteiger partial charge >= 0.3 is 0 Å². The molecule has 0 heteroatoms. The molecule has 0 N–H and O–H groups in total. The van der Waals surface area contributed by atoms with Crippen LogP contribution in [0.25, 0.3) is 44.5 Å². The first kappa shape index (κ1) is 39.2. The lowest BCUT2D eigenvalue weighted by Crippen LogP contribution is -1.89. The van der Waals surface area contributed by atoms with E-state index in [1.807, 2.05) is 0 Å². The predicted octanol–water partition coefficient (Wildman–Crippen LogP) is 15.5. The summed E-state index contributed by atoms with van der Waals surface area (Å²) >= 11 is 0. The second-order valence-corrected chi connectivity index (χ2v) is 17.6. The molecule has 4 aliphatic carbocycles. The lowest BCUT2D eigenvalue weighted by atomic mass is 9.97. The first-order chi connectivity index (χ1) is 29.0. The SMILES string of the molecule is Cc1cc2c(cc1C)-c1ccccc1C2.Cc1cc2c(cc1C)-c1ccccc1C2.Cc1ccc2c(c1C)-c1ccccc1C2.Cc1ccc2c(c1C)Cc1ccccc1-2. The third-order valence-corrected chi connectivity index (χ3v) is 13.8. The van der Waals surface area contributed by atoms with Crippen molar-refractivity contribution in [1.82, 2.24) is 0 Å². The normalized spacial score (nSPS) is 12.4. The van der Waals surface area contributed by atoms with Gasteiger partial charge in [0.05, 0.1) is 0 Å². The highest BCUT2D eigenvalue weighted by Gasteiger charge is 2.22. The molecule has 0 saturated heterocycles. The van der Waals surface area contributed by atoms with Crippen LogP contribution in [0.3, 0.4) is 0 Å². The van der Waals surface area contributed by atoms with Crippen molar-refractivity contribution in [1.29, 1.82) is 0 Å². The molecule has 0 fully saturated rings. The van der Waals surface area contributed by atoms with Gasteiger partial charge in [-0.1, -0.05) is 146 Å². The third-order valence-electron chi connectivity index (χ3n) is 13.8. The van der Waals surface area contributed by atoms with Gasteiger partial charge in [-0.25, -0.2) is 0 Å². The molecule has 0 spiro atoms. The van der Waals surface area contributed by atoms with Crippen LogP contribution in [-0.4, -0.2) is 0 Å². The maximum atomic E-state index is 2.34. The molecule has 8 aromatic rings. The summed E-state index contributed by atoms with van der Waals surface area (Å²) < 4.78 is 0. The highest BCUT2D eigenvalue weighted by atomic mass is 14.3. The van der Waals surface area contributed by atoms with Gasteiger partial charge in [-0.05, 0) is 215 Å². The lowest BCUT2D eigenvalue weighted by Gasteiger charge is -2.08. The summed E-state index contributed by atoms with van der Waals surface area (Å²) in [5.41, 5.74) is 34.7. The Balaban J connectivity index is 0.000000103. The molecular weight excluding hydrogens is 721 g/mol. The van der Waals surface area contributed by atoms with Crippen LogP contribution in [0.1, 0.15) is 89.0 Å². The Morgan fingerprint density at radius 2 is 0.633 bits per heavy atom. The molecule has 60 heavy (non-hydrogen) atoms. The van der Waals surface area contributed by atoms with E-state index in [0.29, 0.717) is 0 Å². The summed E-state index contributed by atoms with van der Waals surface area (Å²) in [6.07, 6.45) is 4.42. The number of rotatable bonds is 0. The zero-order valence-electron chi connectivity index (χ0n) is 36.7. The van der Waals surface area contributed by atoms with E-state index in [0.717, 1.165) is 25.7 Å². The molecule has 0 amide bonds. The standard InChI is InChI=1S/4C15H14/c2*1-10-7-13-9-12-5-3-4-6-14(12)15(13)8-11(10)2;1-10-7-8-13-9-12-5-3-4-6-14(12)15(13)11(10)2;1-10-7-8-14-13-6-4-3-5-12(13)9-15(14)11(10)2/h4*3-8H,9H2,1-2H3. The van der Waals surface area contributed by atoms with Gasteiger partial charge < -0.3 is 0 Å². The maximum Gasteiger partial charge on any atom is -0.00107 e. The van der Waals surface area contributed by atoms with E-state index in [-0.39, 0.29) is 0 Å². The molecule has 4 aliphatic rings. The van der Waals surface area contributed by atoms with Gasteiger partial charge in [-0.2, -0.15) is 0 Å². The molecule has 0 aromatic heterocycles. The third kappa shape index (κ3) is 7.24. The molecule has 0 heterocycles. The van der Waals surface area contributed by atoms with Crippen LogP contribution >= 0.6 is 0 Å². The van der Waals surface area contributed by atoms with Crippen LogP contribution in [-0.2, 0) is 25.7 Å². The number of aryl methyl sites for hydroxylation is 6. The second kappa shape index (κ2) is 16.1. The van der Waals surface area contributed by atoms with Gasteiger partial charge in [-0.15, -0.1) is 0 Å². The summed E-state index contributed by atoms with van der Waals surface area (Å²) in [5, 5.41) is 0. The fraction of sp³-hybridized carbons (Fsp3) is 0.200. The Bertz CT molecular complexity index is 2840. The summed E-state index contributed by atoms with van der Waals surface area (Å²) in [7, 11) is 0. The summed E-state index contributed by atoms with van der Waals surface area (Å²) in [5.74, 6) is 0. The molecule has 296 valence electrons. The number of hydrogen-bond acceptors (Lipinski definition) is 0. The quantitative estimate of drug-likeness (QED) is 0.144. The minimum absolute atomic E-state index is 1.10. The Morgan fingerprint density at radius 1 is 0.250 bits per heavy atom. The van der Waals surface area contributed by atoms with Gasteiger partial charge in [0.1, 0.15) is 0 Å². The molecule has 0 saturated carbocycles. The van der Waals surface area contributed by atoms with Crippen molar-refractivity contribution in [3.8, 4) is 44.5 Å². The summed E-state index contributed by atoms with van der Waals surface area (Å²) in [6.45, 7) is 17.6. The van der Waals surface area contributed by atoms with E-state index >= 15 is 0 Å². The lowest BCUT2D eigenvalue weighted by molar-refractivity contribution is 1.19. The Labute approximate surface area is 358 Å². The minimum Gasteiger partial charge on any atom is -0.0619 e. The van der Waals surface area contributed by atoms with Crippen molar-refractivity contribution >= 4 is 0 Å². The maximum absolute atomic E-state index is 2.34. The van der Waals surface area contributed by atoms with Crippen molar-refractivity contribution in [2.75, 3.05) is 0 Å². The fourth-order valence-corrected chi connectivity index (χ4v) is 9.83. The first-order valence-corrected chi connectivity index (χ1v) is 21.8. The highest BCUT2D eigenvalue weighted by molar-refractivity contribution is 5.81. The fourth-order valence-electron chi connectivity index (χ4n) is 9.83. The number of hydrogen-bond donors (Lipinski definition) is 0. The molecule has 8 aromatic carbocycles. The van der Waals surface area contributed by atoms with Crippen LogP contribution in [0.5, 0.6) is 0 Å². The second-order valence-electron chi connectivity index (χ2n) is 17.6. The van der Waals surface area contributed by atoms with Gasteiger partial charge in [0.2, 0.25) is 0 Å². The van der Waals surface area contributed by atoms with Crippen LogP contribution in [0.15, 0.2) is 146 Å². The van der Waals surface area contributed by atoms with E-state index in [4.69, 9.17) is 0 Å². The first-order valence-electron chi connectivity index (χ1n) is 21.8. The monoisotopic (exact) mass is 776 g/mol. The highest BCUT2D eigenvalue weighted by Crippen LogP contribution is 2.42. The van der Waals surface area contributed by atoms with Crippen LogP contribution in [0.2, 0.25) is 0 Å². The van der Waals surface area contributed by atoms with E-state index in [2.05, 4.69) is 201 Å². The molecule has 0 bridgehead atoms. The van der Waals surface area contributed by atoms with E-state index in [9.17, 15) is 0 Å². The van der Waals surface area contributed by atoms with Crippen LogP contribution < -0.4 is 0 Å². The Hall–Kier alpha value is -6.24. The van der Waals surface area contributed by atoms with Crippen LogP contribution in [0.4, 0.5) is 0 Å². The van der Waals surface area contributed by atoms with Crippen LogP contribution in [0, 0.1) is 55.4 Å². The zero-order chi connectivity index (χ0) is 41.7. The molecule has 0 unspecified atom stereocenters. The summed E-state index contributed by atoms with van der Waals surface area (Å²) in [4.78, 5) is 0. The van der Waals surface area contributed by atoms with Gasteiger partial charge in [0, 0.05) is 0 Å². The topological polar surface area (TPSA) is 0 Å². The number of fused-ring (bicyclic) bond motifs is 12. The summed E-state index contributed by atoms with van der Waals surface area (Å²) in [6, 6.07) is 53.3. The zero-order valence-corrected chi connectivity index (χ0v) is 36.7. The molecule has 12 rings (SSSR count). The largest absolute Gasteiger partial charge is 0.0619 e. The van der Waals surface area contributed by atoms with Crippen molar-refractivity contribution < 1.29 is 0 Å². The van der Waals surface area contributed by atoms with Crippen molar-refractivity contribution in [3.05, 3.63) is 235 Å². The smallest absolute Gasteiger partial charge is 0.00107 e. The molecular formula is C60H56. The molecule has 0 aliphatic heterocycles. The van der Waals surface area contributed by atoms with Crippen molar-refractivity contribution in [2.24, 2.45) is 0 Å². The van der Waals surface area contributed by atoms with E-state index in [1.54, 1.807) is 0 Å². The number of benzene rings is 8. The molecule has 0 atom stereocenters. The van der Waals surface area contributed by atoms with Crippen molar-refractivity contribution in [3.63, 3.8) is 0 Å². The van der Waals surface area contributed by atoms with Gasteiger partial charge in [0.15, 0.2) is 0 Å². The van der Waals surface area contributed by atoms with E-state index < -0.39 is 0 Å². The Morgan fingerprint density at radius 3 is 1.17 bits per heavy atom. The van der Waals surface area contributed by atoms with E-state index in [1.165, 1.54) is 134 Å². The predicted molar refractivity (Wildman–Crippen MR) is 257 cm³/mol. The average molecular weight is 777 g/mol. The minimum atomic E-state index is 1.10. The van der Waals surface area contributed by atoms with Gasteiger partial charge in [0.25, 0.3) is 0 Å². The Kier molecular flexibility index (Phi) is 10.5. The average Bonchev–Trinajstić information content (AvgIpc) is 4.02. The molecule has 0 radical (unpaired) electrons.